The lowest BCUT2D eigenvalue weighted by Gasteiger charge is -2.27. The van der Waals surface area contributed by atoms with Crippen molar-refractivity contribution in [2.75, 3.05) is 13.6 Å². The van der Waals surface area contributed by atoms with Crippen LogP contribution in [-0.4, -0.2) is 56.9 Å². The van der Waals surface area contributed by atoms with Crippen LogP contribution >= 0.6 is 15.9 Å². The maximum atomic E-state index is 12.5. The Morgan fingerprint density at radius 2 is 1.71 bits per heavy atom. The van der Waals surface area contributed by atoms with Crippen molar-refractivity contribution >= 4 is 34.1 Å². The number of hydrogen-bond acceptors (Lipinski definition) is 6. The summed E-state index contributed by atoms with van der Waals surface area (Å²) in [7, 11) is 1.57. The summed E-state index contributed by atoms with van der Waals surface area (Å²) in [4.78, 5) is 42.3. The van der Waals surface area contributed by atoms with Crippen LogP contribution in [0.2, 0.25) is 0 Å². The number of carboxylic acid groups (broad SMARTS) is 1. The van der Waals surface area contributed by atoms with E-state index in [9.17, 15) is 19.5 Å². The summed E-state index contributed by atoms with van der Waals surface area (Å²) in [6.45, 7) is 5.40. The first kappa shape index (κ1) is 26.0. The van der Waals surface area contributed by atoms with Gasteiger partial charge in [-0.2, -0.15) is 0 Å². The number of esters is 1. The highest BCUT2D eigenvalue weighted by Crippen LogP contribution is 2.27. The number of rotatable bonds is 6. The van der Waals surface area contributed by atoms with Gasteiger partial charge in [-0.3, -0.25) is 0 Å². The maximum Gasteiger partial charge on any atom is 0.417 e. The molecule has 0 saturated carbocycles. The summed E-state index contributed by atoms with van der Waals surface area (Å²) in [6, 6.07) is 13.4. The number of nitrogens with zero attached hydrogens (tertiary/aromatic N) is 3. The summed E-state index contributed by atoms with van der Waals surface area (Å²) in [5, 5.41) is 9.57. The van der Waals surface area contributed by atoms with E-state index in [0.717, 1.165) is 9.04 Å². The van der Waals surface area contributed by atoms with Gasteiger partial charge in [-0.05, 0) is 62.7 Å². The molecular formula is C25H26BrN3O6. The fourth-order valence-electron chi connectivity index (χ4n) is 3.28. The van der Waals surface area contributed by atoms with Gasteiger partial charge in [-0.15, -0.1) is 0 Å². The zero-order valence-corrected chi connectivity index (χ0v) is 21.4. The molecule has 0 saturated heterocycles. The van der Waals surface area contributed by atoms with Crippen LogP contribution in [0.1, 0.15) is 48.4 Å². The van der Waals surface area contributed by atoms with Crippen molar-refractivity contribution < 1.29 is 29.0 Å². The monoisotopic (exact) mass is 543 g/mol. The highest BCUT2D eigenvalue weighted by Gasteiger charge is 2.27. The van der Waals surface area contributed by atoms with Crippen molar-refractivity contribution in [1.82, 2.24) is 14.5 Å². The minimum Gasteiger partial charge on any atom is -0.464 e. The van der Waals surface area contributed by atoms with E-state index in [-0.39, 0.29) is 12.4 Å². The second-order valence-electron chi connectivity index (χ2n) is 8.82. The van der Waals surface area contributed by atoms with Gasteiger partial charge >= 0.3 is 18.2 Å². The minimum atomic E-state index is -1.19. The lowest BCUT2D eigenvalue weighted by atomic mass is 9.97. The van der Waals surface area contributed by atoms with Gasteiger partial charge in [0.1, 0.15) is 17.2 Å². The number of imidazole rings is 1. The first-order chi connectivity index (χ1) is 16.4. The second-order valence-corrected chi connectivity index (χ2v) is 9.73. The van der Waals surface area contributed by atoms with E-state index >= 15 is 0 Å². The molecule has 1 heterocycles. The molecule has 1 atom stereocenters. The number of halogens is 1. The predicted molar refractivity (Wildman–Crippen MR) is 132 cm³/mol. The van der Waals surface area contributed by atoms with Crippen LogP contribution < -0.4 is 4.74 Å². The topological polar surface area (TPSA) is 111 Å². The molecule has 184 valence electrons. The molecule has 35 heavy (non-hydrogen) atoms. The molecular weight excluding hydrogens is 518 g/mol. The Labute approximate surface area is 211 Å². The fraction of sp³-hybridized carbons (Fsp3) is 0.280. The standard InChI is InChI=1S/C25H26BrN3O6/c1-25(2,3)35-24(33)28(4)15-20(21-27-13-14-29(21)23(31)32)16-7-11-19(12-8-16)34-22(30)17-5-9-18(26)10-6-17/h5-14,20H,15H2,1-4H3,(H,31,32). The average molecular weight is 544 g/mol. The highest BCUT2D eigenvalue weighted by molar-refractivity contribution is 9.10. The molecule has 0 fully saturated rings. The van der Waals surface area contributed by atoms with E-state index in [1.165, 1.54) is 17.3 Å². The third kappa shape index (κ3) is 6.92. The number of carbonyl (C=O) groups excluding carboxylic acids is 2. The number of likely N-dealkylation sites (N-methyl/N-ethyl adjacent to an activating group) is 1. The van der Waals surface area contributed by atoms with Crippen LogP contribution in [0.3, 0.4) is 0 Å². The number of aromatic nitrogens is 2. The molecule has 0 aliphatic carbocycles. The van der Waals surface area contributed by atoms with Gasteiger partial charge in [0.15, 0.2) is 0 Å². The van der Waals surface area contributed by atoms with Crippen molar-refractivity contribution in [3.63, 3.8) is 0 Å². The lowest BCUT2D eigenvalue weighted by molar-refractivity contribution is 0.0292. The SMILES string of the molecule is CN(CC(c1ccc(OC(=O)c2ccc(Br)cc2)cc1)c1nccn1C(=O)O)C(=O)OC(C)(C)C. The predicted octanol–water partition coefficient (Wildman–Crippen LogP) is 5.39. The molecule has 1 amide bonds. The van der Waals surface area contributed by atoms with Gasteiger partial charge in [0.25, 0.3) is 0 Å². The van der Waals surface area contributed by atoms with Crippen molar-refractivity contribution in [2.24, 2.45) is 0 Å². The fourth-order valence-corrected chi connectivity index (χ4v) is 3.54. The zero-order chi connectivity index (χ0) is 25.8. The first-order valence-corrected chi connectivity index (χ1v) is 11.5. The van der Waals surface area contributed by atoms with Gasteiger partial charge < -0.3 is 19.5 Å². The summed E-state index contributed by atoms with van der Waals surface area (Å²) in [5.41, 5.74) is 0.399. The molecule has 0 bridgehead atoms. The van der Waals surface area contributed by atoms with Crippen molar-refractivity contribution in [3.05, 3.63) is 82.3 Å². The maximum absolute atomic E-state index is 12.5. The third-order valence-corrected chi connectivity index (χ3v) is 5.45. The Morgan fingerprint density at radius 3 is 2.29 bits per heavy atom. The number of ether oxygens (including phenoxy) is 2. The Balaban J connectivity index is 1.85. The van der Waals surface area contributed by atoms with E-state index in [4.69, 9.17) is 9.47 Å². The van der Waals surface area contributed by atoms with E-state index in [1.54, 1.807) is 76.3 Å². The number of benzene rings is 2. The second kappa shape index (κ2) is 10.7. The molecule has 0 spiro atoms. The lowest BCUT2D eigenvalue weighted by Crippen LogP contribution is -2.37. The normalized spacial score (nSPS) is 12.0. The van der Waals surface area contributed by atoms with E-state index in [1.807, 2.05) is 0 Å². The van der Waals surface area contributed by atoms with Crippen LogP contribution in [0.4, 0.5) is 9.59 Å². The van der Waals surface area contributed by atoms with Crippen LogP contribution in [0.5, 0.6) is 5.75 Å². The van der Waals surface area contributed by atoms with E-state index < -0.39 is 29.7 Å². The molecule has 0 radical (unpaired) electrons. The van der Waals surface area contributed by atoms with Gasteiger partial charge in [0.2, 0.25) is 0 Å². The molecule has 1 unspecified atom stereocenters. The molecule has 2 aromatic carbocycles. The smallest absolute Gasteiger partial charge is 0.417 e. The van der Waals surface area contributed by atoms with Crippen molar-refractivity contribution in [2.45, 2.75) is 32.3 Å². The Morgan fingerprint density at radius 1 is 1.09 bits per heavy atom. The molecule has 10 heteroatoms. The van der Waals surface area contributed by atoms with Crippen LogP contribution in [-0.2, 0) is 4.74 Å². The van der Waals surface area contributed by atoms with Crippen molar-refractivity contribution in [1.29, 1.82) is 0 Å². The van der Waals surface area contributed by atoms with E-state index in [0.29, 0.717) is 16.9 Å². The third-order valence-electron chi connectivity index (χ3n) is 4.92. The van der Waals surface area contributed by atoms with Crippen LogP contribution in [0.25, 0.3) is 0 Å². The van der Waals surface area contributed by atoms with Crippen LogP contribution in [0.15, 0.2) is 65.4 Å². The molecule has 1 N–H and O–H groups in total. The van der Waals surface area contributed by atoms with Gasteiger partial charge in [-0.1, -0.05) is 28.1 Å². The molecule has 9 nitrogen and oxygen atoms in total. The first-order valence-electron chi connectivity index (χ1n) is 10.7. The van der Waals surface area contributed by atoms with E-state index in [2.05, 4.69) is 20.9 Å². The summed E-state index contributed by atoms with van der Waals surface area (Å²) in [5.74, 6) is -0.530. The average Bonchev–Trinajstić information content (AvgIpc) is 3.27. The van der Waals surface area contributed by atoms with Gasteiger partial charge in [-0.25, -0.2) is 23.9 Å². The summed E-state index contributed by atoms with van der Waals surface area (Å²) in [6.07, 6.45) is 0.989. The van der Waals surface area contributed by atoms with Crippen LogP contribution in [0, 0.1) is 0 Å². The molecule has 0 aliphatic heterocycles. The highest BCUT2D eigenvalue weighted by atomic mass is 79.9. The molecule has 3 aromatic rings. The number of hydrogen-bond donors (Lipinski definition) is 1. The zero-order valence-electron chi connectivity index (χ0n) is 19.8. The number of amides is 1. The largest absolute Gasteiger partial charge is 0.464 e. The summed E-state index contributed by atoms with van der Waals surface area (Å²) < 4.78 is 12.7. The van der Waals surface area contributed by atoms with Crippen molar-refractivity contribution in [3.8, 4) is 5.75 Å². The minimum absolute atomic E-state index is 0.108. The van der Waals surface area contributed by atoms with Gasteiger partial charge in [0.05, 0.1) is 11.5 Å². The summed E-state index contributed by atoms with van der Waals surface area (Å²) >= 11 is 3.32. The number of carbonyl (C=O) groups is 3. The Hall–Kier alpha value is -3.66. The van der Waals surface area contributed by atoms with Gasteiger partial charge in [0, 0.05) is 30.5 Å². The Kier molecular flexibility index (Phi) is 7.96. The molecule has 3 rings (SSSR count). The molecule has 1 aromatic heterocycles. The Bertz CT molecular complexity index is 1200. The quantitative estimate of drug-likeness (QED) is 0.327. The molecule has 0 aliphatic rings.